The zero-order valence-corrected chi connectivity index (χ0v) is 18.7. The van der Waals surface area contributed by atoms with Crippen LogP contribution in [0.4, 0.5) is 0 Å². The summed E-state index contributed by atoms with van der Waals surface area (Å²) in [5.41, 5.74) is 2.72. The Balaban J connectivity index is 1.29. The van der Waals surface area contributed by atoms with Gasteiger partial charge in [0.2, 0.25) is 0 Å². The van der Waals surface area contributed by atoms with Crippen LogP contribution in [0.25, 0.3) is 0 Å². The van der Waals surface area contributed by atoms with E-state index >= 15 is 0 Å². The van der Waals surface area contributed by atoms with E-state index in [0.29, 0.717) is 5.92 Å². The number of hydrogen-bond donors (Lipinski definition) is 0. The lowest BCUT2D eigenvalue weighted by Gasteiger charge is -2.35. The molecule has 0 aliphatic carbocycles. The Bertz CT molecular complexity index is 883. The Hall–Kier alpha value is -2.56. The third-order valence-corrected chi connectivity index (χ3v) is 6.11. The fourth-order valence-corrected chi connectivity index (χ4v) is 4.14. The Morgan fingerprint density at radius 3 is 2.19 bits per heavy atom. The lowest BCUT2D eigenvalue weighted by molar-refractivity contribution is 0.100. The van der Waals surface area contributed by atoms with Gasteiger partial charge < -0.3 is 14.1 Å². The molecule has 1 aromatic heterocycles. The van der Waals surface area contributed by atoms with E-state index in [1.807, 2.05) is 12.1 Å². The zero-order valence-electron chi connectivity index (χ0n) is 18.7. The van der Waals surface area contributed by atoms with Crippen molar-refractivity contribution in [1.29, 1.82) is 0 Å². The molecule has 1 aliphatic rings. The first-order valence-corrected chi connectivity index (χ1v) is 11.5. The molecule has 1 aliphatic heterocycles. The lowest BCUT2D eigenvalue weighted by Crippen LogP contribution is -2.46. The summed E-state index contributed by atoms with van der Waals surface area (Å²) >= 11 is 0. The van der Waals surface area contributed by atoms with Crippen LogP contribution in [-0.2, 0) is 6.54 Å². The van der Waals surface area contributed by atoms with E-state index in [9.17, 15) is 0 Å². The van der Waals surface area contributed by atoms with Gasteiger partial charge in [0.1, 0.15) is 11.5 Å². The maximum Gasteiger partial charge on any atom is 0.157 e. The van der Waals surface area contributed by atoms with Crippen molar-refractivity contribution < 1.29 is 9.15 Å². The van der Waals surface area contributed by atoms with Gasteiger partial charge in [-0.05, 0) is 41.3 Å². The molecule has 2 heterocycles. The quantitative estimate of drug-likeness (QED) is 0.444. The average Bonchev–Trinajstić information content (AvgIpc) is 3.33. The normalized spacial score (nSPS) is 16.5. The van der Waals surface area contributed by atoms with Gasteiger partial charge in [0.15, 0.2) is 6.10 Å². The molecule has 1 unspecified atom stereocenters. The molecule has 3 aromatic rings. The van der Waals surface area contributed by atoms with Gasteiger partial charge in [-0.15, -0.1) is 0 Å². The molecule has 0 bridgehead atoms. The predicted molar refractivity (Wildman–Crippen MR) is 125 cm³/mol. The summed E-state index contributed by atoms with van der Waals surface area (Å²) in [7, 11) is 0. The van der Waals surface area contributed by atoms with Crippen LogP contribution in [-0.4, -0.2) is 42.5 Å². The number of benzene rings is 2. The molecular formula is C27H34N2O2. The second kappa shape index (κ2) is 10.7. The SMILES string of the molecule is CC(C)c1ccc(OC(CCN2CCN(Cc3ccccc3)CC2)c2ccco2)cc1. The highest BCUT2D eigenvalue weighted by molar-refractivity contribution is 5.29. The minimum Gasteiger partial charge on any atom is -0.482 e. The van der Waals surface area contributed by atoms with Gasteiger partial charge in [-0.25, -0.2) is 0 Å². The van der Waals surface area contributed by atoms with Gasteiger partial charge in [0, 0.05) is 45.7 Å². The van der Waals surface area contributed by atoms with Crippen LogP contribution in [0, 0.1) is 0 Å². The predicted octanol–water partition coefficient (Wildman–Crippen LogP) is 5.73. The standard InChI is InChI=1S/C27H34N2O2/c1-22(2)24-10-12-25(13-11-24)31-27(26-9-6-20-30-26)14-15-28-16-18-29(19-17-28)21-23-7-4-3-5-8-23/h3-13,20,22,27H,14-19,21H2,1-2H3. The van der Waals surface area contributed by atoms with Gasteiger partial charge in [0.25, 0.3) is 0 Å². The molecule has 0 saturated carbocycles. The highest BCUT2D eigenvalue weighted by atomic mass is 16.5. The van der Waals surface area contributed by atoms with Crippen molar-refractivity contribution in [3.8, 4) is 5.75 Å². The zero-order chi connectivity index (χ0) is 21.5. The van der Waals surface area contributed by atoms with Gasteiger partial charge >= 0.3 is 0 Å². The first kappa shape index (κ1) is 21.7. The molecule has 1 saturated heterocycles. The highest BCUT2D eigenvalue weighted by Gasteiger charge is 2.21. The van der Waals surface area contributed by atoms with Crippen molar-refractivity contribution in [1.82, 2.24) is 9.80 Å². The minimum atomic E-state index is -0.0674. The molecule has 4 nitrogen and oxygen atoms in total. The first-order chi connectivity index (χ1) is 15.2. The second-order valence-corrected chi connectivity index (χ2v) is 8.74. The maximum absolute atomic E-state index is 6.35. The number of nitrogens with zero attached hydrogens (tertiary/aromatic N) is 2. The van der Waals surface area contributed by atoms with E-state index in [2.05, 4.69) is 78.2 Å². The minimum absolute atomic E-state index is 0.0674. The van der Waals surface area contributed by atoms with Crippen molar-refractivity contribution in [2.24, 2.45) is 0 Å². The Labute approximate surface area is 186 Å². The molecule has 2 aromatic carbocycles. The number of rotatable bonds is 9. The van der Waals surface area contributed by atoms with E-state index < -0.39 is 0 Å². The summed E-state index contributed by atoms with van der Waals surface area (Å²) in [6.07, 6.45) is 2.58. The van der Waals surface area contributed by atoms with Crippen LogP contribution in [0.5, 0.6) is 5.75 Å². The molecule has 31 heavy (non-hydrogen) atoms. The first-order valence-electron chi connectivity index (χ1n) is 11.5. The van der Waals surface area contributed by atoms with E-state index in [4.69, 9.17) is 9.15 Å². The van der Waals surface area contributed by atoms with Gasteiger partial charge in [0.05, 0.1) is 6.26 Å². The molecule has 4 heteroatoms. The molecule has 164 valence electrons. The summed E-state index contributed by atoms with van der Waals surface area (Å²) in [4.78, 5) is 5.09. The molecule has 0 N–H and O–H groups in total. The molecule has 0 amide bonds. The number of piperazine rings is 1. The highest BCUT2D eigenvalue weighted by Crippen LogP contribution is 2.27. The van der Waals surface area contributed by atoms with E-state index in [1.165, 1.54) is 11.1 Å². The summed E-state index contributed by atoms with van der Waals surface area (Å²) in [5.74, 6) is 2.32. The largest absolute Gasteiger partial charge is 0.482 e. The van der Waals surface area contributed by atoms with E-state index in [-0.39, 0.29) is 6.10 Å². The topological polar surface area (TPSA) is 28.9 Å². The number of ether oxygens (including phenoxy) is 1. The third kappa shape index (κ3) is 6.22. The van der Waals surface area contributed by atoms with Crippen LogP contribution in [0.1, 0.15) is 49.2 Å². The van der Waals surface area contributed by atoms with Crippen LogP contribution in [0.3, 0.4) is 0 Å². The molecule has 4 rings (SSSR count). The number of furan rings is 1. The average molecular weight is 419 g/mol. The van der Waals surface area contributed by atoms with Crippen LogP contribution >= 0.6 is 0 Å². The van der Waals surface area contributed by atoms with Crippen molar-refractivity contribution in [3.05, 3.63) is 89.9 Å². The van der Waals surface area contributed by atoms with E-state index in [0.717, 1.165) is 57.2 Å². The summed E-state index contributed by atoms with van der Waals surface area (Å²) in [5, 5.41) is 0. The number of hydrogen-bond acceptors (Lipinski definition) is 4. The van der Waals surface area contributed by atoms with E-state index in [1.54, 1.807) is 6.26 Å². The molecule has 0 radical (unpaired) electrons. The molecular weight excluding hydrogens is 384 g/mol. The fourth-order valence-electron chi connectivity index (χ4n) is 4.14. The molecule has 1 fully saturated rings. The summed E-state index contributed by atoms with van der Waals surface area (Å²) in [6, 6.07) is 23.2. The molecule has 1 atom stereocenters. The van der Waals surface area contributed by atoms with Crippen molar-refractivity contribution in [2.75, 3.05) is 32.7 Å². The summed E-state index contributed by atoms with van der Waals surface area (Å²) < 4.78 is 12.1. The van der Waals surface area contributed by atoms with Gasteiger partial charge in [-0.3, -0.25) is 4.90 Å². The second-order valence-electron chi connectivity index (χ2n) is 8.74. The summed E-state index contributed by atoms with van der Waals surface area (Å²) in [6.45, 7) is 10.9. The van der Waals surface area contributed by atoms with Crippen molar-refractivity contribution in [3.63, 3.8) is 0 Å². The van der Waals surface area contributed by atoms with Gasteiger partial charge in [-0.2, -0.15) is 0 Å². The smallest absolute Gasteiger partial charge is 0.157 e. The Kier molecular flexibility index (Phi) is 7.44. The maximum atomic E-state index is 6.35. The van der Waals surface area contributed by atoms with Crippen LogP contribution < -0.4 is 4.74 Å². The fraction of sp³-hybridized carbons (Fsp3) is 0.407. The Morgan fingerprint density at radius 1 is 0.839 bits per heavy atom. The van der Waals surface area contributed by atoms with Crippen LogP contribution in [0.2, 0.25) is 0 Å². The van der Waals surface area contributed by atoms with Crippen molar-refractivity contribution in [2.45, 2.75) is 38.8 Å². The van der Waals surface area contributed by atoms with Gasteiger partial charge in [-0.1, -0.05) is 56.3 Å². The molecule has 0 spiro atoms. The Morgan fingerprint density at radius 2 is 1.55 bits per heavy atom. The third-order valence-electron chi connectivity index (χ3n) is 6.11. The van der Waals surface area contributed by atoms with Crippen LogP contribution in [0.15, 0.2) is 77.4 Å². The lowest BCUT2D eigenvalue weighted by atomic mass is 10.0. The monoisotopic (exact) mass is 418 g/mol. The van der Waals surface area contributed by atoms with Crippen molar-refractivity contribution >= 4 is 0 Å².